The summed E-state index contributed by atoms with van der Waals surface area (Å²) < 4.78 is 6.86. The molecule has 3 rings (SSSR count). The number of hydrogen-bond acceptors (Lipinski definition) is 6. The quantitative estimate of drug-likeness (QED) is 0.233. The highest BCUT2D eigenvalue weighted by Crippen LogP contribution is 2.34. The summed E-state index contributed by atoms with van der Waals surface area (Å²) in [6.45, 7) is 10.5. The minimum atomic E-state index is -0.0259. The molecule has 0 saturated carbocycles. The molecule has 0 fully saturated rings. The summed E-state index contributed by atoms with van der Waals surface area (Å²) in [5.74, 6) is 0.774. The molecule has 0 atom stereocenters. The second kappa shape index (κ2) is 12.2. The van der Waals surface area contributed by atoms with Gasteiger partial charge < -0.3 is 9.64 Å². The van der Waals surface area contributed by atoms with Crippen LogP contribution in [0.4, 0.5) is 5.13 Å². The van der Waals surface area contributed by atoms with Gasteiger partial charge in [0.25, 0.3) is 5.91 Å². The van der Waals surface area contributed by atoms with E-state index >= 15 is 0 Å². The Kier molecular flexibility index (Phi) is 9.38. The van der Waals surface area contributed by atoms with Crippen molar-refractivity contribution in [2.75, 3.05) is 43.9 Å². The first kappa shape index (κ1) is 24.6. The maximum absolute atomic E-state index is 13.6. The van der Waals surface area contributed by atoms with E-state index in [1.807, 2.05) is 29.2 Å². The zero-order valence-electron chi connectivity index (χ0n) is 19.5. The third kappa shape index (κ3) is 6.03. The molecule has 0 N–H and O–H groups in total. The molecule has 1 heterocycles. The molecule has 32 heavy (non-hydrogen) atoms. The average Bonchev–Trinajstić information content (AvgIpc) is 3.26. The first-order chi connectivity index (χ1) is 15.6. The molecule has 0 radical (unpaired) electrons. The van der Waals surface area contributed by atoms with Crippen LogP contribution in [-0.4, -0.2) is 54.8 Å². The summed E-state index contributed by atoms with van der Waals surface area (Å²) in [5.41, 5.74) is 1.62. The molecule has 0 aliphatic heterocycles. The highest BCUT2D eigenvalue weighted by atomic mass is 32.2. The van der Waals surface area contributed by atoms with Crippen molar-refractivity contribution in [3.63, 3.8) is 0 Å². The molecule has 3 aromatic rings. The Morgan fingerprint density at radius 3 is 2.47 bits per heavy atom. The summed E-state index contributed by atoms with van der Waals surface area (Å²) in [5, 5.41) is 0.752. The van der Waals surface area contributed by atoms with Crippen molar-refractivity contribution in [2.45, 2.75) is 38.5 Å². The normalized spacial score (nSPS) is 11.3. The summed E-state index contributed by atoms with van der Waals surface area (Å²) in [4.78, 5) is 23.7. The van der Waals surface area contributed by atoms with Gasteiger partial charge in [-0.15, -0.1) is 11.8 Å². The summed E-state index contributed by atoms with van der Waals surface area (Å²) in [7, 11) is 0. The fourth-order valence-electron chi connectivity index (χ4n) is 3.44. The lowest BCUT2D eigenvalue weighted by atomic mass is 10.2. The fraction of sp³-hybridized carbons (Fsp3) is 0.440. The van der Waals surface area contributed by atoms with Gasteiger partial charge in [-0.1, -0.05) is 44.6 Å². The molecule has 1 amide bonds. The number of carbonyl (C=O) groups excluding carboxylic acids is 1. The molecule has 0 aliphatic carbocycles. The third-order valence-corrected chi connectivity index (χ3v) is 7.28. The van der Waals surface area contributed by atoms with Gasteiger partial charge in [0.1, 0.15) is 5.75 Å². The topological polar surface area (TPSA) is 45.7 Å². The van der Waals surface area contributed by atoms with E-state index in [2.05, 4.69) is 50.1 Å². The number of thioether (sulfide) groups is 1. The Morgan fingerprint density at radius 2 is 1.81 bits per heavy atom. The highest BCUT2D eigenvalue weighted by Gasteiger charge is 2.22. The fourth-order valence-corrected chi connectivity index (χ4v) is 5.09. The van der Waals surface area contributed by atoms with Gasteiger partial charge >= 0.3 is 0 Å². The lowest BCUT2D eigenvalue weighted by Gasteiger charge is -2.24. The largest absolute Gasteiger partial charge is 0.494 e. The second-order valence-corrected chi connectivity index (χ2v) is 9.37. The van der Waals surface area contributed by atoms with E-state index < -0.39 is 0 Å². The number of ether oxygens (including phenoxy) is 1. The smallest absolute Gasteiger partial charge is 0.260 e. The molecule has 1 aromatic heterocycles. The molecule has 172 valence electrons. The summed E-state index contributed by atoms with van der Waals surface area (Å²) >= 11 is 3.26. The number of thiazole rings is 1. The molecule has 0 unspecified atom stereocenters. The van der Waals surface area contributed by atoms with Crippen molar-refractivity contribution >= 4 is 44.4 Å². The van der Waals surface area contributed by atoms with E-state index in [1.54, 1.807) is 23.1 Å². The monoisotopic (exact) mass is 471 g/mol. The summed E-state index contributed by atoms with van der Waals surface area (Å²) in [6.07, 6.45) is 4.18. The van der Waals surface area contributed by atoms with Crippen LogP contribution in [0.2, 0.25) is 0 Å². The number of fused-ring (bicyclic) bond motifs is 1. The van der Waals surface area contributed by atoms with Gasteiger partial charge in [-0.25, -0.2) is 4.98 Å². The van der Waals surface area contributed by atoms with Crippen LogP contribution in [0, 0.1) is 0 Å². The average molecular weight is 472 g/mol. The number of nitrogens with zero attached hydrogens (tertiary/aromatic N) is 3. The van der Waals surface area contributed by atoms with Crippen molar-refractivity contribution in [1.29, 1.82) is 0 Å². The lowest BCUT2D eigenvalue weighted by molar-refractivity contribution is 0.0983. The van der Waals surface area contributed by atoms with Crippen LogP contribution in [0.25, 0.3) is 10.2 Å². The molecule has 2 aromatic carbocycles. The van der Waals surface area contributed by atoms with Crippen LogP contribution in [-0.2, 0) is 0 Å². The first-order valence-electron chi connectivity index (χ1n) is 11.3. The van der Waals surface area contributed by atoms with Gasteiger partial charge in [0.2, 0.25) is 0 Å². The number of para-hydroxylation sites is 1. The van der Waals surface area contributed by atoms with Crippen LogP contribution >= 0.6 is 23.1 Å². The van der Waals surface area contributed by atoms with E-state index in [0.29, 0.717) is 18.7 Å². The van der Waals surface area contributed by atoms with Crippen LogP contribution < -0.4 is 9.64 Å². The number of likely N-dealkylation sites (N-methyl/N-ethyl adjacent to an activating group) is 1. The maximum atomic E-state index is 13.6. The molecule has 0 aliphatic rings. The Labute approximate surface area is 199 Å². The van der Waals surface area contributed by atoms with Gasteiger partial charge in [0.15, 0.2) is 5.13 Å². The Balaban J connectivity index is 1.88. The predicted octanol–water partition coefficient (Wildman–Crippen LogP) is 6.19. The number of carbonyl (C=O) groups is 1. The first-order valence-corrected chi connectivity index (χ1v) is 13.4. The second-order valence-electron chi connectivity index (χ2n) is 7.51. The van der Waals surface area contributed by atoms with E-state index in [9.17, 15) is 4.79 Å². The van der Waals surface area contributed by atoms with Crippen LogP contribution in [0.3, 0.4) is 0 Å². The Morgan fingerprint density at radius 1 is 1.06 bits per heavy atom. The lowest BCUT2D eigenvalue weighted by Crippen LogP contribution is -2.38. The van der Waals surface area contributed by atoms with Crippen LogP contribution in [0.5, 0.6) is 5.75 Å². The number of benzene rings is 2. The molecular weight excluding hydrogens is 438 g/mol. The predicted molar refractivity (Wildman–Crippen MR) is 138 cm³/mol. The van der Waals surface area contributed by atoms with Crippen LogP contribution in [0.15, 0.2) is 47.4 Å². The molecule has 0 saturated heterocycles. The summed E-state index contributed by atoms with van der Waals surface area (Å²) in [6, 6.07) is 13.7. The Hall–Kier alpha value is -2.09. The number of anilines is 1. The minimum Gasteiger partial charge on any atom is -0.494 e. The number of amides is 1. The standard InChI is InChI=1S/C25H33N3O2S2/c1-5-8-18-30-20-14-12-19(13-15-20)24(29)28(17-16-27(6-2)7-3)25-26-23-21(31-4)10-9-11-22(23)32-25/h9-15H,5-8,16-18H2,1-4H3. The van der Waals surface area contributed by atoms with Gasteiger partial charge in [0.05, 0.1) is 16.8 Å². The zero-order valence-corrected chi connectivity index (χ0v) is 21.1. The van der Waals surface area contributed by atoms with E-state index in [4.69, 9.17) is 9.72 Å². The van der Waals surface area contributed by atoms with Gasteiger partial charge in [0, 0.05) is 23.5 Å². The number of rotatable bonds is 12. The van der Waals surface area contributed by atoms with Gasteiger partial charge in [-0.3, -0.25) is 9.69 Å². The van der Waals surface area contributed by atoms with E-state index in [0.717, 1.165) is 58.5 Å². The van der Waals surface area contributed by atoms with Crippen molar-refractivity contribution in [2.24, 2.45) is 0 Å². The minimum absolute atomic E-state index is 0.0259. The molecule has 5 nitrogen and oxygen atoms in total. The molecule has 0 spiro atoms. The molecule has 7 heteroatoms. The zero-order chi connectivity index (χ0) is 22.9. The third-order valence-electron chi connectivity index (χ3n) is 5.47. The maximum Gasteiger partial charge on any atom is 0.260 e. The number of unbranched alkanes of at least 4 members (excludes halogenated alkanes) is 1. The molecule has 0 bridgehead atoms. The van der Waals surface area contributed by atoms with Crippen LogP contribution in [0.1, 0.15) is 44.0 Å². The van der Waals surface area contributed by atoms with E-state index in [1.165, 1.54) is 0 Å². The Bertz CT molecular complexity index is 1000. The highest BCUT2D eigenvalue weighted by molar-refractivity contribution is 7.98. The van der Waals surface area contributed by atoms with Crippen molar-refractivity contribution in [3.8, 4) is 5.75 Å². The van der Waals surface area contributed by atoms with Gasteiger partial charge in [-0.2, -0.15) is 0 Å². The SMILES string of the molecule is CCCCOc1ccc(C(=O)N(CCN(CC)CC)c2nc3c(SC)cccc3s2)cc1. The van der Waals surface area contributed by atoms with Crippen molar-refractivity contribution in [3.05, 3.63) is 48.0 Å². The van der Waals surface area contributed by atoms with Gasteiger partial charge in [-0.05, 0) is 62.2 Å². The number of hydrogen-bond donors (Lipinski definition) is 0. The molecular formula is C25H33N3O2S2. The number of aromatic nitrogens is 1. The van der Waals surface area contributed by atoms with Crippen molar-refractivity contribution in [1.82, 2.24) is 9.88 Å². The van der Waals surface area contributed by atoms with E-state index in [-0.39, 0.29) is 5.91 Å². The van der Waals surface area contributed by atoms with Crippen molar-refractivity contribution < 1.29 is 9.53 Å².